The molecule has 3 aromatic rings. The molecule has 0 bridgehead atoms. The summed E-state index contributed by atoms with van der Waals surface area (Å²) in [7, 11) is 2.98. The number of esters is 1. The average Bonchev–Trinajstić information content (AvgIpc) is 2.90. The minimum absolute atomic E-state index is 0.0780. The van der Waals surface area contributed by atoms with Crippen molar-refractivity contribution in [3.8, 4) is 22.6 Å². The zero-order valence-corrected chi connectivity index (χ0v) is 23.3. The van der Waals surface area contributed by atoms with Crippen molar-refractivity contribution in [2.75, 3.05) is 14.2 Å². The molecule has 38 heavy (non-hydrogen) atoms. The smallest absolute Gasteiger partial charge is 0.306 e. The largest absolute Gasteiger partial charge is 0.497 e. The zero-order chi connectivity index (χ0) is 27.7. The van der Waals surface area contributed by atoms with Crippen molar-refractivity contribution in [2.45, 2.75) is 71.7 Å². The van der Waals surface area contributed by atoms with Crippen LogP contribution in [0.4, 0.5) is 4.39 Å². The second-order valence-electron chi connectivity index (χ2n) is 10.4. The first-order valence-electron chi connectivity index (χ1n) is 13.0. The summed E-state index contributed by atoms with van der Waals surface area (Å²) in [4.78, 5) is 11.9. The van der Waals surface area contributed by atoms with Gasteiger partial charge in [0.1, 0.15) is 23.9 Å². The van der Waals surface area contributed by atoms with Crippen LogP contribution >= 0.6 is 0 Å². The molecule has 3 rings (SSSR count). The molecule has 0 fully saturated rings. The van der Waals surface area contributed by atoms with Crippen LogP contribution in [0.2, 0.25) is 0 Å². The number of benzene rings is 3. The second-order valence-corrected chi connectivity index (χ2v) is 10.4. The highest BCUT2D eigenvalue weighted by atomic mass is 19.1. The maximum atomic E-state index is 14.8. The first-order chi connectivity index (χ1) is 18.1. The predicted molar refractivity (Wildman–Crippen MR) is 148 cm³/mol. The highest BCUT2D eigenvalue weighted by Gasteiger charge is 2.18. The molecule has 3 aromatic carbocycles. The normalized spacial score (nSPS) is 12.2. The molecular formula is C32H39FO5. The van der Waals surface area contributed by atoms with Crippen molar-refractivity contribution < 1.29 is 28.1 Å². The molecule has 0 aliphatic rings. The number of hydrogen-bond acceptors (Lipinski definition) is 5. The lowest BCUT2D eigenvalue weighted by Gasteiger charge is -2.22. The van der Waals surface area contributed by atoms with Crippen molar-refractivity contribution in [2.24, 2.45) is 0 Å². The Morgan fingerprint density at radius 3 is 2.39 bits per heavy atom. The molecule has 6 heteroatoms. The van der Waals surface area contributed by atoms with E-state index in [4.69, 9.17) is 18.9 Å². The van der Waals surface area contributed by atoms with Crippen molar-refractivity contribution >= 4 is 5.97 Å². The Balaban J connectivity index is 1.85. The third-order valence-electron chi connectivity index (χ3n) is 6.31. The molecule has 0 saturated heterocycles. The molecule has 0 N–H and O–H groups in total. The standard InChI is InChI=1S/C32H39FO5/c1-7-9-23(18-31(34)36-6)24-10-8-11-27(17-24)37-20-22-12-14-28(25(16-22)21-38-32(2,3)4)29-19-26(35-5)13-15-30(29)33/h8,10-17,19,23H,7,9,18,20-21H2,1-6H3/t23-/m0/s1. The van der Waals surface area contributed by atoms with E-state index in [-0.39, 0.29) is 23.3 Å². The third kappa shape index (κ3) is 8.32. The molecule has 0 saturated carbocycles. The van der Waals surface area contributed by atoms with Gasteiger partial charge in [-0.25, -0.2) is 4.39 Å². The Kier molecular flexibility index (Phi) is 10.3. The third-order valence-corrected chi connectivity index (χ3v) is 6.31. The van der Waals surface area contributed by atoms with E-state index >= 15 is 0 Å². The van der Waals surface area contributed by atoms with Crippen molar-refractivity contribution in [1.82, 2.24) is 0 Å². The first-order valence-corrected chi connectivity index (χ1v) is 13.0. The van der Waals surface area contributed by atoms with Gasteiger partial charge in [0.2, 0.25) is 0 Å². The molecule has 0 radical (unpaired) electrons. The summed E-state index contributed by atoms with van der Waals surface area (Å²) in [6, 6.07) is 18.4. The van der Waals surface area contributed by atoms with Gasteiger partial charge in [0, 0.05) is 5.56 Å². The first kappa shape index (κ1) is 29.2. The number of carbonyl (C=O) groups excluding carboxylic acids is 1. The van der Waals surface area contributed by atoms with Gasteiger partial charge in [-0.05, 0) is 91.8 Å². The van der Waals surface area contributed by atoms with E-state index < -0.39 is 0 Å². The molecule has 5 nitrogen and oxygen atoms in total. The monoisotopic (exact) mass is 522 g/mol. The van der Waals surface area contributed by atoms with Crippen molar-refractivity contribution in [3.05, 3.63) is 83.2 Å². The van der Waals surface area contributed by atoms with Crippen LogP contribution in [0.5, 0.6) is 11.5 Å². The van der Waals surface area contributed by atoms with Crippen LogP contribution in [0.15, 0.2) is 60.7 Å². The molecule has 0 aromatic heterocycles. The molecule has 0 aliphatic carbocycles. The summed E-state index contributed by atoms with van der Waals surface area (Å²) >= 11 is 0. The summed E-state index contributed by atoms with van der Waals surface area (Å²) in [6.07, 6.45) is 2.19. The van der Waals surface area contributed by atoms with Gasteiger partial charge in [-0.15, -0.1) is 0 Å². The van der Waals surface area contributed by atoms with E-state index in [1.165, 1.54) is 13.2 Å². The van der Waals surface area contributed by atoms with Gasteiger partial charge in [-0.3, -0.25) is 4.79 Å². The second kappa shape index (κ2) is 13.4. The van der Waals surface area contributed by atoms with Crippen molar-refractivity contribution in [3.63, 3.8) is 0 Å². The Bertz CT molecular complexity index is 1210. The number of hydrogen-bond donors (Lipinski definition) is 0. The van der Waals surface area contributed by atoms with Crippen LogP contribution in [-0.2, 0) is 27.5 Å². The average molecular weight is 523 g/mol. The number of rotatable bonds is 12. The topological polar surface area (TPSA) is 54.0 Å². The van der Waals surface area contributed by atoms with Crippen molar-refractivity contribution in [1.29, 1.82) is 0 Å². The minimum Gasteiger partial charge on any atom is -0.497 e. The van der Waals surface area contributed by atoms with Gasteiger partial charge in [0.15, 0.2) is 0 Å². The van der Waals surface area contributed by atoms with E-state index in [1.54, 1.807) is 19.2 Å². The van der Waals surface area contributed by atoms with Gasteiger partial charge >= 0.3 is 5.97 Å². The van der Waals surface area contributed by atoms with E-state index in [0.29, 0.717) is 30.9 Å². The molecular weight excluding hydrogens is 483 g/mol. The molecule has 0 aliphatic heterocycles. The lowest BCUT2D eigenvalue weighted by molar-refractivity contribution is -0.141. The van der Waals surface area contributed by atoms with Crippen LogP contribution in [0.3, 0.4) is 0 Å². The fraction of sp³-hybridized carbons (Fsp3) is 0.406. The highest BCUT2D eigenvalue weighted by molar-refractivity contribution is 5.71. The fourth-order valence-corrected chi connectivity index (χ4v) is 4.30. The van der Waals surface area contributed by atoms with Gasteiger partial charge in [0.05, 0.1) is 32.8 Å². The van der Waals surface area contributed by atoms with Gasteiger partial charge in [0.25, 0.3) is 0 Å². The molecule has 0 amide bonds. The van der Waals surface area contributed by atoms with Crippen LogP contribution in [0.25, 0.3) is 11.1 Å². The van der Waals surface area contributed by atoms with Gasteiger partial charge in [-0.2, -0.15) is 0 Å². The SMILES string of the molecule is CCC[C@@H](CC(=O)OC)c1cccc(OCc2ccc(-c3cc(OC)ccc3F)c(COC(C)(C)C)c2)c1. The maximum absolute atomic E-state index is 14.8. The van der Waals surface area contributed by atoms with Crippen LogP contribution in [0.1, 0.15) is 69.6 Å². The fourth-order valence-electron chi connectivity index (χ4n) is 4.30. The van der Waals surface area contributed by atoms with Gasteiger partial charge in [-0.1, -0.05) is 37.6 Å². The Labute approximate surface area is 225 Å². The van der Waals surface area contributed by atoms with Crippen LogP contribution in [0, 0.1) is 5.82 Å². The minimum atomic E-state index is -0.351. The summed E-state index contributed by atoms with van der Waals surface area (Å²) in [5, 5.41) is 0. The Morgan fingerprint density at radius 2 is 1.71 bits per heavy atom. The van der Waals surface area contributed by atoms with E-state index in [1.807, 2.05) is 63.2 Å². The lowest BCUT2D eigenvalue weighted by Crippen LogP contribution is -2.19. The summed E-state index contributed by atoms with van der Waals surface area (Å²) in [5.74, 6) is 0.854. The lowest BCUT2D eigenvalue weighted by atomic mass is 9.91. The molecule has 0 unspecified atom stereocenters. The number of ether oxygens (including phenoxy) is 4. The summed E-state index contributed by atoms with van der Waals surface area (Å²) in [6.45, 7) is 8.74. The maximum Gasteiger partial charge on any atom is 0.306 e. The Hall–Kier alpha value is -3.38. The molecule has 0 spiro atoms. The number of carbonyl (C=O) groups is 1. The molecule has 0 heterocycles. The zero-order valence-electron chi connectivity index (χ0n) is 23.3. The number of halogens is 1. The predicted octanol–water partition coefficient (Wildman–Crippen LogP) is 7.84. The molecule has 204 valence electrons. The van der Waals surface area contributed by atoms with Crippen LogP contribution < -0.4 is 9.47 Å². The summed E-state index contributed by atoms with van der Waals surface area (Å²) in [5.41, 5.74) is 3.72. The van der Waals surface area contributed by atoms with E-state index in [9.17, 15) is 9.18 Å². The van der Waals surface area contributed by atoms with E-state index in [0.717, 1.165) is 40.8 Å². The van der Waals surface area contributed by atoms with E-state index in [2.05, 4.69) is 6.92 Å². The highest BCUT2D eigenvalue weighted by Crippen LogP contribution is 2.33. The number of methoxy groups -OCH3 is 2. The van der Waals surface area contributed by atoms with Crippen LogP contribution in [-0.4, -0.2) is 25.8 Å². The molecule has 1 atom stereocenters. The quantitative estimate of drug-likeness (QED) is 0.227. The summed E-state index contributed by atoms with van der Waals surface area (Å²) < 4.78 is 37.2. The Morgan fingerprint density at radius 1 is 0.921 bits per heavy atom. The van der Waals surface area contributed by atoms with Gasteiger partial charge < -0.3 is 18.9 Å².